The average molecular weight is 351 g/mol. The first kappa shape index (κ1) is 17.0. The summed E-state index contributed by atoms with van der Waals surface area (Å²) < 4.78 is 0. The Kier molecular flexibility index (Phi) is 4.59. The molecule has 2 aliphatic heterocycles. The first-order valence-corrected chi connectivity index (χ1v) is 9.26. The summed E-state index contributed by atoms with van der Waals surface area (Å²) in [6.45, 7) is 5.25. The van der Waals surface area contributed by atoms with Crippen LogP contribution in [0, 0.1) is 6.92 Å². The molecule has 0 saturated carbocycles. The maximum atomic E-state index is 12.3. The van der Waals surface area contributed by atoms with Gasteiger partial charge in [-0.1, -0.05) is 18.2 Å². The first-order chi connectivity index (χ1) is 12.6. The van der Waals surface area contributed by atoms with Crippen molar-refractivity contribution in [2.45, 2.75) is 44.8 Å². The van der Waals surface area contributed by atoms with Gasteiger partial charge in [-0.3, -0.25) is 9.69 Å². The van der Waals surface area contributed by atoms with Gasteiger partial charge in [-0.05, 0) is 37.5 Å². The van der Waals surface area contributed by atoms with Gasteiger partial charge < -0.3 is 10.6 Å². The molecule has 1 fully saturated rings. The predicted octanol–water partition coefficient (Wildman–Crippen LogP) is 2.25. The van der Waals surface area contributed by atoms with Crippen molar-refractivity contribution in [3.05, 3.63) is 53.6 Å². The molecule has 1 aromatic heterocycles. The molecule has 0 radical (unpaired) electrons. The molecule has 4 rings (SSSR count). The number of benzene rings is 1. The highest BCUT2D eigenvalue weighted by Crippen LogP contribution is 2.33. The normalized spacial score (nSPS) is 19.8. The molecule has 6 heteroatoms. The number of carbonyl (C=O) groups is 1. The van der Waals surface area contributed by atoms with E-state index in [1.165, 1.54) is 0 Å². The lowest BCUT2D eigenvalue weighted by Crippen LogP contribution is -2.52. The summed E-state index contributed by atoms with van der Waals surface area (Å²) in [5.74, 6) is 0.942. The molecule has 3 heterocycles. The molecule has 2 aromatic rings. The molecule has 1 amide bonds. The number of fused-ring (bicyclic) bond motifs is 1. The van der Waals surface area contributed by atoms with Crippen LogP contribution in [0.1, 0.15) is 36.3 Å². The quantitative estimate of drug-likeness (QED) is 0.868. The summed E-state index contributed by atoms with van der Waals surface area (Å²) in [7, 11) is 0. The van der Waals surface area contributed by atoms with Gasteiger partial charge in [0.2, 0.25) is 5.91 Å². The summed E-state index contributed by atoms with van der Waals surface area (Å²) in [6.07, 6.45) is 4.24. The molecule has 6 nitrogen and oxygen atoms in total. The minimum atomic E-state index is -0.168. The molecular formula is C20H25N5O. The van der Waals surface area contributed by atoms with Crippen molar-refractivity contribution in [3.8, 4) is 0 Å². The number of para-hydroxylation sites is 1. The molecule has 0 unspecified atom stereocenters. The topological polar surface area (TPSA) is 70.2 Å². The fourth-order valence-electron chi connectivity index (χ4n) is 3.95. The van der Waals surface area contributed by atoms with Gasteiger partial charge >= 0.3 is 0 Å². The van der Waals surface area contributed by atoms with Crippen molar-refractivity contribution in [3.63, 3.8) is 0 Å². The lowest BCUT2D eigenvalue weighted by molar-refractivity contribution is -0.122. The molecule has 1 saturated heterocycles. The maximum absolute atomic E-state index is 12.3. The number of rotatable bonds is 2. The van der Waals surface area contributed by atoms with E-state index in [4.69, 9.17) is 0 Å². The number of likely N-dealkylation sites (tertiary alicyclic amines) is 1. The lowest BCUT2D eigenvalue weighted by Gasteiger charge is -2.44. The summed E-state index contributed by atoms with van der Waals surface area (Å²) in [5, 5.41) is 6.79. The Morgan fingerprint density at radius 1 is 1.19 bits per heavy atom. The van der Waals surface area contributed by atoms with E-state index in [1.807, 2.05) is 25.3 Å². The fraction of sp³-hybridized carbons (Fsp3) is 0.450. The van der Waals surface area contributed by atoms with Gasteiger partial charge in [0.25, 0.3) is 0 Å². The molecule has 1 aromatic carbocycles. The van der Waals surface area contributed by atoms with E-state index in [0.717, 1.165) is 55.2 Å². The van der Waals surface area contributed by atoms with Crippen LogP contribution in [0.2, 0.25) is 0 Å². The molecule has 2 N–H and O–H groups in total. The second-order valence-electron chi connectivity index (χ2n) is 7.39. The summed E-state index contributed by atoms with van der Waals surface area (Å²) in [5.41, 5.74) is 3.19. The van der Waals surface area contributed by atoms with Gasteiger partial charge in [0.1, 0.15) is 5.82 Å². The minimum absolute atomic E-state index is 0.131. The van der Waals surface area contributed by atoms with Crippen LogP contribution in [0.5, 0.6) is 0 Å². The second-order valence-corrected chi connectivity index (χ2v) is 7.39. The van der Waals surface area contributed by atoms with Crippen molar-refractivity contribution in [2.24, 2.45) is 0 Å². The number of carbonyl (C=O) groups excluding carboxylic acids is 1. The molecule has 136 valence electrons. The highest BCUT2D eigenvalue weighted by atomic mass is 16.1. The van der Waals surface area contributed by atoms with Gasteiger partial charge in [0, 0.05) is 50.0 Å². The van der Waals surface area contributed by atoms with Gasteiger partial charge in [0.05, 0.1) is 5.69 Å². The number of aryl methyl sites for hydroxylation is 1. The molecular weight excluding hydrogens is 326 g/mol. The summed E-state index contributed by atoms with van der Waals surface area (Å²) in [6, 6.07) is 10.2. The van der Waals surface area contributed by atoms with Gasteiger partial charge in [-0.25, -0.2) is 9.97 Å². The van der Waals surface area contributed by atoms with E-state index >= 15 is 0 Å². The lowest BCUT2D eigenvalue weighted by atomic mass is 9.82. The van der Waals surface area contributed by atoms with Crippen molar-refractivity contribution in [1.29, 1.82) is 0 Å². The van der Waals surface area contributed by atoms with Crippen LogP contribution in [0.25, 0.3) is 0 Å². The van der Waals surface area contributed by atoms with Crippen molar-refractivity contribution >= 4 is 11.6 Å². The molecule has 0 atom stereocenters. The molecule has 0 bridgehead atoms. The third kappa shape index (κ3) is 3.70. The van der Waals surface area contributed by atoms with E-state index < -0.39 is 0 Å². The maximum Gasteiger partial charge on any atom is 0.222 e. The third-order valence-electron chi connectivity index (χ3n) is 5.42. The van der Waals surface area contributed by atoms with Gasteiger partial charge in [-0.2, -0.15) is 0 Å². The first-order valence-electron chi connectivity index (χ1n) is 9.26. The second kappa shape index (κ2) is 7.03. The fourth-order valence-corrected chi connectivity index (χ4v) is 3.95. The Hall–Kier alpha value is -2.47. The van der Waals surface area contributed by atoms with E-state index in [-0.39, 0.29) is 11.4 Å². The molecule has 1 spiro atoms. The number of hydrogen-bond acceptors (Lipinski definition) is 5. The van der Waals surface area contributed by atoms with E-state index in [1.54, 1.807) is 0 Å². The zero-order valence-electron chi connectivity index (χ0n) is 15.2. The Morgan fingerprint density at radius 2 is 2.00 bits per heavy atom. The Bertz CT molecular complexity index is 798. The van der Waals surface area contributed by atoms with E-state index in [2.05, 4.69) is 43.7 Å². The zero-order valence-corrected chi connectivity index (χ0v) is 15.2. The predicted molar refractivity (Wildman–Crippen MR) is 101 cm³/mol. The summed E-state index contributed by atoms with van der Waals surface area (Å²) >= 11 is 0. The standard InChI is InChI=1S/C20H25N5O/c1-15-21-9-6-17(23-15)14-25-10-7-20(8-11-25)12-19(26)22-13-16-4-2-3-5-18(16)24-20/h2-6,9,24H,7-8,10-14H2,1H3,(H,22,26). The van der Waals surface area contributed by atoms with Crippen LogP contribution in [0.4, 0.5) is 5.69 Å². The number of amides is 1. The van der Waals surface area contributed by atoms with Crippen LogP contribution < -0.4 is 10.6 Å². The Labute approximate surface area is 154 Å². The zero-order chi connectivity index (χ0) is 18.0. The third-order valence-corrected chi connectivity index (χ3v) is 5.42. The van der Waals surface area contributed by atoms with E-state index in [9.17, 15) is 4.79 Å². The SMILES string of the molecule is Cc1nccc(CN2CCC3(CC2)CC(=O)NCc2ccccc2N3)n1. The van der Waals surface area contributed by atoms with Crippen LogP contribution in [0.3, 0.4) is 0 Å². The van der Waals surface area contributed by atoms with Crippen LogP contribution in [-0.4, -0.2) is 39.4 Å². The number of hydrogen-bond donors (Lipinski definition) is 2. The van der Waals surface area contributed by atoms with Crippen LogP contribution in [-0.2, 0) is 17.9 Å². The van der Waals surface area contributed by atoms with Gasteiger partial charge in [0.15, 0.2) is 0 Å². The number of nitrogens with zero attached hydrogens (tertiary/aromatic N) is 3. The number of aromatic nitrogens is 2. The van der Waals surface area contributed by atoms with Crippen LogP contribution in [0.15, 0.2) is 36.5 Å². The smallest absolute Gasteiger partial charge is 0.222 e. The largest absolute Gasteiger partial charge is 0.379 e. The molecule has 2 aliphatic rings. The number of piperidine rings is 1. The van der Waals surface area contributed by atoms with Gasteiger partial charge in [-0.15, -0.1) is 0 Å². The molecule has 26 heavy (non-hydrogen) atoms. The van der Waals surface area contributed by atoms with Crippen molar-refractivity contribution in [2.75, 3.05) is 18.4 Å². The van der Waals surface area contributed by atoms with E-state index in [0.29, 0.717) is 13.0 Å². The number of anilines is 1. The van der Waals surface area contributed by atoms with Crippen molar-refractivity contribution in [1.82, 2.24) is 20.2 Å². The highest BCUT2D eigenvalue weighted by molar-refractivity contribution is 5.79. The number of nitrogens with one attached hydrogen (secondary N) is 2. The minimum Gasteiger partial charge on any atom is -0.379 e. The van der Waals surface area contributed by atoms with Crippen LogP contribution >= 0.6 is 0 Å². The Morgan fingerprint density at radius 3 is 2.81 bits per heavy atom. The van der Waals surface area contributed by atoms with Crippen molar-refractivity contribution < 1.29 is 4.79 Å². The summed E-state index contributed by atoms with van der Waals surface area (Å²) in [4.78, 5) is 23.4. The highest BCUT2D eigenvalue weighted by Gasteiger charge is 2.37. The average Bonchev–Trinajstić information content (AvgIpc) is 2.62. The molecule has 0 aliphatic carbocycles. The monoisotopic (exact) mass is 351 g/mol. The Balaban J connectivity index is 1.47.